The summed E-state index contributed by atoms with van der Waals surface area (Å²) in [6.45, 7) is 12.0. The van der Waals surface area contributed by atoms with E-state index in [1.165, 1.54) is 0 Å². The molecule has 0 radical (unpaired) electrons. The van der Waals surface area contributed by atoms with Crippen molar-refractivity contribution in [3.63, 3.8) is 0 Å². The minimum Gasteiger partial charge on any atom is -0.460 e. The lowest BCUT2D eigenvalue weighted by atomic mass is 9.89. The van der Waals surface area contributed by atoms with E-state index in [0.717, 1.165) is 70.2 Å². The number of rotatable bonds is 14. The smallest absolute Gasteiger partial charge is 0.309 e. The predicted molar refractivity (Wildman–Crippen MR) is 291 cm³/mol. The topological polar surface area (TPSA) is 169 Å². The van der Waals surface area contributed by atoms with E-state index >= 15 is 0 Å². The normalized spacial score (nSPS) is 22.0. The molecule has 0 unspecified atom stereocenters. The maximum absolute atomic E-state index is 13.9. The molecular formula is C58H62Cl4N6O8. The van der Waals surface area contributed by atoms with Crippen molar-refractivity contribution < 1.29 is 38.1 Å². The minimum absolute atomic E-state index is 0.170. The number of ether oxygens (including phenoxy) is 4. The molecule has 6 atom stereocenters. The quantitative estimate of drug-likeness (QED) is 0.100. The van der Waals surface area contributed by atoms with E-state index in [-0.39, 0.29) is 24.7 Å². The zero-order valence-corrected chi connectivity index (χ0v) is 46.3. The minimum atomic E-state index is -0.978. The van der Waals surface area contributed by atoms with Gasteiger partial charge in [0.15, 0.2) is 0 Å². The van der Waals surface area contributed by atoms with Gasteiger partial charge in [-0.15, -0.1) is 0 Å². The highest BCUT2D eigenvalue weighted by molar-refractivity contribution is 6.31. The Kier molecular flexibility index (Phi) is 16.7. The first kappa shape index (κ1) is 55.0. The van der Waals surface area contributed by atoms with Crippen LogP contribution in [-0.2, 0) is 38.1 Å². The number of carbonyl (C=O) groups excluding carboxylic acids is 4. The van der Waals surface area contributed by atoms with Crippen molar-refractivity contribution in [2.75, 3.05) is 13.1 Å². The fourth-order valence-corrected chi connectivity index (χ4v) is 10.5. The van der Waals surface area contributed by atoms with Crippen LogP contribution in [0.25, 0.3) is 22.3 Å². The summed E-state index contributed by atoms with van der Waals surface area (Å²) in [5.41, 5.74) is 5.56. The van der Waals surface area contributed by atoms with Crippen LogP contribution >= 0.6 is 46.4 Å². The largest absolute Gasteiger partial charge is 0.460 e. The molecular weight excluding hydrogens is 1050 g/mol. The molecule has 0 spiro atoms. The van der Waals surface area contributed by atoms with Crippen molar-refractivity contribution in [2.24, 2.45) is 11.8 Å². The van der Waals surface area contributed by atoms with E-state index in [0.29, 0.717) is 45.0 Å². The zero-order valence-electron chi connectivity index (χ0n) is 43.2. The van der Waals surface area contributed by atoms with Crippen LogP contribution in [0.5, 0.6) is 0 Å². The number of halogens is 4. The number of aromatic nitrogens is 4. The van der Waals surface area contributed by atoms with Crippen LogP contribution in [0.4, 0.5) is 0 Å². The van der Waals surface area contributed by atoms with Crippen molar-refractivity contribution in [3.05, 3.63) is 152 Å². The van der Waals surface area contributed by atoms with Gasteiger partial charge in [-0.1, -0.05) is 70.7 Å². The van der Waals surface area contributed by atoms with E-state index in [1.54, 1.807) is 66.3 Å². The first-order valence-electron chi connectivity index (χ1n) is 25.6. The van der Waals surface area contributed by atoms with Crippen molar-refractivity contribution in [1.29, 1.82) is 0 Å². The van der Waals surface area contributed by atoms with Gasteiger partial charge in [-0.25, -0.2) is 0 Å². The highest BCUT2D eigenvalue weighted by Crippen LogP contribution is 2.48. The van der Waals surface area contributed by atoms with Crippen LogP contribution in [0.2, 0.25) is 20.1 Å². The molecule has 0 bridgehead atoms. The first-order chi connectivity index (χ1) is 36.1. The van der Waals surface area contributed by atoms with Crippen molar-refractivity contribution in [2.45, 2.75) is 128 Å². The molecule has 6 aromatic rings. The number of nitrogens with one attached hydrogen (secondary N) is 2. The third-order valence-electron chi connectivity index (χ3n) is 13.4. The zero-order chi connectivity index (χ0) is 54.1. The molecule has 18 heteroatoms. The summed E-state index contributed by atoms with van der Waals surface area (Å²) >= 11 is 25.6. The van der Waals surface area contributed by atoms with Crippen LogP contribution in [0.3, 0.4) is 0 Å². The predicted octanol–water partition coefficient (Wildman–Crippen LogP) is 13.1. The molecule has 2 N–H and O–H groups in total. The van der Waals surface area contributed by atoms with Crippen LogP contribution in [0, 0.1) is 11.8 Å². The van der Waals surface area contributed by atoms with Gasteiger partial charge in [0.05, 0.1) is 37.3 Å². The molecule has 14 nitrogen and oxygen atoms in total. The summed E-state index contributed by atoms with van der Waals surface area (Å²) in [5, 5.41) is 16.1. The molecule has 4 fully saturated rings. The monoisotopic (exact) mass is 1110 g/mol. The Morgan fingerprint density at radius 1 is 0.539 bits per heavy atom. The van der Waals surface area contributed by atoms with Crippen molar-refractivity contribution in [1.82, 2.24) is 30.2 Å². The van der Waals surface area contributed by atoms with Crippen LogP contribution < -0.4 is 0 Å². The number of hydrogen-bond donors (Lipinski definition) is 2. The Morgan fingerprint density at radius 2 is 0.908 bits per heavy atom. The molecule has 400 valence electrons. The number of amides is 2. The van der Waals surface area contributed by atoms with Crippen LogP contribution in [-0.4, -0.2) is 90.4 Å². The SMILES string of the molecule is CC(C)(C)OC(=O)C[C@@H]1O[C@H](c2cc(Cl)cc(-c3cn[nH]c3)c2)[C@@H](c2ccc(Cl)cc2)N(CC2CC2)C1=O.CC(C)(C)OC(=O)C[C@H]1O[C@H](c2cc(Cl)cc(-c3cn[nH]c3)c2)[C@@H](c2ccc(Cl)cc2)N(CC2CC2)C1=O. The average Bonchev–Trinajstić information content (AvgIpc) is 4.24. The van der Waals surface area contributed by atoms with E-state index in [2.05, 4.69) is 20.4 Å². The summed E-state index contributed by atoms with van der Waals surface area (Å²) < 4.78 is 24.1. The number of nitrogens with zero attached hydrogens (tertiary/aromatic N) is 4. The van der Waals surface area contributed by atoms with Crippen molar-refractivity contribution in [3.8, 4) is 22.3 Å². The van der Waals surface area contributed by atoms with Gasteiger partial charge < -0.3 is 28.7 Å². The number of carbonyl (C=O) groups is 4. The third-order valence-corrected chi connectivity index (χ3v) is 14.4. The van der Waals surface area contributed by atoms with Gasteiger partial charge in [0, 0.05) is 56.7 Å². The lowest BCUT2D eigenvalue weighted by molar-refractivity contribution is -0.183. The number of esters is 2. The Bertz CT molecular complexity index is 2800. The molecule has 4 heterocycles. The summed E-state index contributed by atoms with van der Waals surface area (Å²) in [6, 6.07) is 25.5. The van der Waals surface area contributed by atoms with Gasteiger partial charge in [0.1, 0.15) is 35.6 Å². The lowest BCUT2D eigenvalue weighted by Crippen LogP contribution is -2.52. The molecule has 4 aliphatic rings. The van der Waals surface area contributed by atoms with Crippen molar-refractivity contribution >= 4 is 70.2 Å². The second-order valence-corrected chi connectivity index (χ2v) is 23.8. The molecule has 2 saturated carbocycles. The molecule has 76 heavy (non-hydrogen) atoms. The Labute approximate surface area is 463 Å². The molecule has 2 saturated heterocycles. The molecule has 10 rings (SSSR count). The lowest BCUT2D eigenvalue weighted by Gasteiger charge is -2.45. The van der Waals surface area contributed by atoms with Gasteiger partial charge in [0.25, 0.3) is 11.8 Å². The van der Waals surface area contributed by atoms with Gasteiger partial charge >= 0.3 is 11.9 Å². The highest BCUT2D eigenvalue weighted by Gasteiger charge is 2.48. The number of H-pyrrole nitrogens is 2. The standard InChI is InChI=1S/2C29H31Cl2N3O4/c2*1-29(2,3)38-25(35)13-24-28(36)34(16-17-4-5-17)26(18-6-8-22(30)9-7-18)27(37-24)20-10-19(11-23(31)12-20)21-14-32-33-15-21/h2*6-12,14-15,17,24,26-27H,4-5,13,16H2,1-3H3,(H,32,33)/t24-,26+,27+;24-,26-,27-/m01/s1. The highest BCUT2D eigenvalue weighted by atomic mass is 35.5. The van der Waals surface area contributed by atoms with Gasteiger partial charge in [-0.05, 0) is 173 Å². The Morgan fingerprint density at radius 3 is 1.22 bits per heavy atom. The van der Waals surface area contributed by atoms with E-state index in [4.69, 9.17) is 65.4 Å². The number of hydrogen-bond acceptors (Lipinski definition) is 10. The summed E-state index contributed by atoms with van der Waals surface area (Å²) in [5.74, 6) is -0.523. The Hall–Kier alpha value is -5.74. The average molecular weight is 1110 g/mol. The first-order valence-corrected chi connectivity index (χ1v) is 27.1. The number of benzene rings is 4. The number of aromatic amines is 2. The number of morpholine rings is 2. The molecule has 4 aromatic carbocycles. The summed E-state index contributed by atoms with van der Waals surface area (Å²) in [4.78, 5) is 57.1. The second-order valence-electron chi connectivity index (χ2n) is 22.1. The molecule has 2 aromatic heterocycles. The second kappa shape index (κ2) is 23.1. The van der Waals surface area contributed by atoms with E-state index < -0.39 is 59.6 Å². The van der Waals surface area contributed by atoms with Gasteiger partial charge in [-0.3, -0.25) is 29.4 Å². The van der Waals surface area contributed by atoms with Gasteiger partial charge in [-0.2, -0.15) is 10.2 Å². The summed E-state index contributed by atoms with van der Waals surface area (Å²) in [6.07, 6.45) is 7.86. The fourth-order valence-electron chi connectivity index (χ4n) is 9.75. The van der Waals surface area contributed by atoms with Crippen LogP contribution in [0.15, 0.2) is 110 Å². The van der Waals surface area contributed by atoms with E-state index in [1.807, 2.05) is 94.7 Å². The molecule has 2 aliphatic heterocycles. The maximum Gasteiger partial charge on any atom is 0.309 e. The maximum atomic E-state index is 13.9. The molecule has 2 amide bonds. The fraction of sp³-hybridized carbons (Fsp3) is 0.414. The molecule has 2 aliphatic carbocycles. The van der Waals surface area contributed by atoms with E-state index in [9.17, 15) is 19.2 Å². The van der Waals surface area contributed by atoms with Crippen LogP contribution in [0.1, 0.15) is 127 Å². The summed E-state index contributed by atoms with van der Waals surface area (Å²) in [7, 11) is 0. The third kappa shape index (κ3) is 14.0. The van der Waals surface area contributed by atoms with Gasteiger partial charge in [0.2, 0.25) is 0 Å². The Balaban J connectivity index is 0.000000186.